The number of amides is 2. The van der Waals surface area contributed by atoms with Crippen LogP contribution in [0.4, 0.5) is 11.4 Å². The Balaban J connectivity index is 0.00000480. The van der Waals surface area contributed by atoms with Gasteiger partial charge in [0.1, 0.15) is 0 Å². The van der Waals surface area contributed by atoms with Crippen molar-refractivity contribution in [3.8, 4) is 0 Å². The average molecular weight is 504 g/mol. The number of benzene rings is 2. The number of nitrogens with zero attached hydrogens (tertiary/aromatic N) is 1. The molecule has 6 nitrogen and oxygen atoms in total. The van der Waals surface area contributed by atoms with E-state index in [1.54, 1.807) is 36.4 Å². The standard InChI is InChI=1S/C21H24Cl2N4O2S.ClH/c1-27(2)12-4-3-5-19(28)24-15-7-9-16(10-8-15)25-21(30)26-20(29)14-6-11-17(22)18(23)13-14;/h6-11,13H,3-5,12H2,1-2H3,(H,24,28)(H2,25,26,29,30);1H. The van der Waals surface area contributed by atoms with Gasteiger partial charge >= 0.3 is 0 Å². The van der Waals surface area contributed by atoms with Crippen LogP contribution in [0.2, 0.25) is 10.0 Å². The molecule has 0 saturated carbocycles. The first-order valence-electron chi connectivity index (χ1n) is 9.36. The van der Waals surface area contributed by atoms with Gasteiger partial charge in [0.15, 0.2) is 5.11 Å². The Labute approximate surface area is 204 Å². The monoisotopic (exact) mass is 502 g/mol. The quantitative estimate of drug-likeness (QED) is 0.340. The molecule has 2 aromatic carbocycles. The largest absolute Gasteiger partial charge is 0.332 e. The maximum atomic E-state index is 12.2. The third-order valence-corrected chi connectivity index (χ3v) is 5.04. The number of halogens is 3. The van der Waals surface area contributed by atoms with E-state index in [2.05, 4.69) is 20.9 Å². The first kappa shape index (κ1) is 27.1. The van der Waals surface area contributed by atoms with E-state index in [0.29, 0.717) is 33.4 Å². The summed E-state index contributed by atoms with van der Waals surface area (Å²) in [5.41, 5.74) is 1.72. The van der Waals surface area contributed by atoms with Crippen molar-refractivity contribution >= 4 is 76.1 Å². The van der Waals surface area contributed by atoms with Crippen molar-refractivity contribution in [3.05, 3.63) is 58.1 Å². The number of carbonyl (C=O) groups is 2. The van der Waals surface area contributed by atoms with Gasteiger partial charge in [-0.2, -0.15) is 0 Å². The van der Waals surface area contributed by atoms with Crippen LogP contribution in [0.3, 0.4) is 0 Å². The van der Waals surface area contributed by atoms with Gasteiger partial charge in [0.25, 0.3) is 5.91 Å². The van der Waals surface area contributed by atoms with Gasteiger partial charge in [-0.3, -0.25) is 14.9 Å². The SMILES string of the molecule is CN(C)CCCCC(=O)Nc1ccc(NC(=S)NC(=O)c2ccc(Cl)c(Cl)c2)cc1.Cl. The highest BCUT2D eigenvalue weighted by Gasteiger charge is 2.10. The number of unbranched alkanes of at least 4 members (excludes halogenated alkanes) is 1. The second kappa shape index (κ2) is 13.5. The lowest BCUT2D eigenvalue weighted by Gasteiger charge is -2.11. The molecule has 0 fully saturated rings. The Morgan fingerprint density at radius 3 is 2.13 bits per heavy atom. The number of nitrogens with one attached hydrogen (secondary N) is 3. The minimum absolute atomic E-state index is 0. The zero-order chi connectivity index (χ0) is 22.1. The minimum atomic E-state index is -0.399. The smallest absolute Gasteiger partial charge is 0.257 e. The third kappa shape index (κ3) is 9.84. The Kier molecular flexibility index (Phi) is 11.8. The number of rotatable bonds is 8. The van der Waals surface area contributed by atoms with Gasteiger partial charge in [-0.25, -0.2) is 0 Å². The van der Waals surface area contributed by atoms with Crippen LogP contribution in [0.25, 0.3) is 0 Å². The molecule has 2 rings (SSSR count). The Hall–Kier alpha value is -1.90. The maximum Gasteiger partial charge on any atom is 0.257 e. The van der Waals surface area contributed by atoms with E-state index >= 15 is 0 Å². The summed E-state index contributed by atoms with van der Waals surface area (Å²) >= 11 is 17.0. The van der Waals surface area contributed by atoms with Crippen molar-refractivity contribution < 1.29 is 9.59 Å². The van der Waals surface area contributed by atoms with Gasteiger partial charge < -0.3 is 15.5 Å². The van der Waals surface area contributed by atoms with Gasteiger partial charge in [-0.15, -0.1) is 12.4 Å². The molecule has 3 N–H and O–H groups in total. The van der Waals surface area contributed by atoms with E-state index in [-0.39, 0.29) is 23.4 Å². The van der Waals surface area contributed by atoms with Crippen molar-refractivity contribution in [2.75, 3.05) is 31.3 Å². The van der Waals surface area contributed by atoms with Crippen LogP contribution in [0.15, 0.2) is 42.5 Å². The van der Waals surface area contributed by atoms with Gasteiger partial charge in [-0.05, 0) is 88.2 Å². The molecule has 0 aliphatic carbocycles. The second-order valence-electron chi connectivity index (χ2n) is 6.92. The molecule has 168 valence electrons. The van der Waals surface area contributed by atoms with E-state index in [0.717, 1.165) is 19.4 Å². The molecule has 10 heteroatoms. The predicted molar refractivity (Wildman–Crippen MR) is 135 cm³/mol. The highest BCUT2D eigenvalue weighted by atomic mass is 35.5. The molecule has 0 aliphatic rings. The third-order valence-electron chi connectivity index (χ3n) is 4.09. The van der Waals surface area contributed by atoms with Gasteiger partial charge in [0, 0.05) is 23.4 Å². The van der Waals surface area contributed by atoms with E-state index in [1.807, 2.05) is 14.1 Å². The molecule has 0 aliphatic heterocycles. The van der Waals surface area contributed by atoms with E-state index in [9.17, 15) is 9.59 Å². The van der Waals surface area contributed by atoms with Crippen LogP contribution in [-0.2, 0) is 4.79 Å². The molecule has 0 aromatic heterocycles. The summed E-state index contributed by atoms with van der Waals surface area (Å²) in [6.07, 6.45) is 2.31. The minimum Gasteiger partial charge on any atom is -0.332 e. The van der Waals surface area contributed by atoms with Crippen molar-refractivity contribution in [2.45, 2.75) is 19.3 Å². The lowest BCUT2D eigenvalue weighted by molar-refractivity contribution is -0.116. The average Bonchev–Trinajstić information content (AvgIpc) is 2.68. The molecule has 0 bridgehead atoms. The zero-order valence-corrected chi connectivity index (χ0v) is 20.4. The molecule has 2 amide bonds. The molecule has 0 radical (unpaired) electrons. The van der Waals surface area contributed by atoms with Crippen molar-refractivity contribution in [2.24, 2.45) is 0 Å². The fourth-order valence-electron chi connectivity index (χ4n) is 2.55. The predicted octanol–water partition coefficient (Wildman–Crippen LogP) is 5.21. The van der Waals surface area contributed by atoms with Crippen LogP contribution in [0, 0.1) is 0 Å². The number of hydrogen-bond acceptors (Lipinski definition) is 4. The molecule has 0 heterocycles. The molecule has 0 unspecified atom stereocenters. The maximum absolute atomic E-state index is 12.2. The Morgan fingerprint density at radius 1 is 0.935 bits per heavy atom. The van der Waals surface area contributed by atoms with Crippen molar-refractivity contribution in [3.63, 3.8) is 0 Å². The molecule has 31 heavy (non-hydrogen) atoms. The lowest BCUT2D eigenvalue weighted by atomic mass is 10.2. The molecular weight excluding hydrogens is 479 g/mol. The number of carbonyl (C=O) groups excluding carboxylic acids is 2. The summed E-state index contributed by atoms with van der Waals surface area (Å²) in [6, 6.07) is 11.6. The van der Waals surface area contributed by atoms with Crippen molar-refractivity contribution in [1.82, 2.24) is 10.2 Å². The highest BCUT2D eigenvalue weighted by molar-refractivity contribution is 7.80. The number of hydrogen-bond donors (Lipinski definition) is 3. The van der Waals surface area contributed by atoms with Gasteiger partial charge in [0.05, 0.1) is 10.0 Å². The summed E-state index contributed by atoms with van der Waals surface area (Å²) in [4.78, 5) is 26.3. The lowest BCUT2D eigenvalue weighted by Crippen LogP contribution is -2.34. The van der Waals surface area contributed by atoms with Crippen LogP contribution in [0.1, 0.15) is 29.6 Å². The summed E-state index contributed by atoms with van der Waals surface area (Å²) in [5, 5.41) is 9.18. The van der Waals surface area contributed by atoms with Crippen LogP contribution >= 0.6 is 47.8 Å². The summed E-state index contributed by atoms with van der Waals surface area (Å²) in [6.45, 7) is 0.967. The molecular formula is C21H25Cl3N4O2S. The summed E-state index contributed by atoms with van der Waals surface area (Å²) < 4.78 is 0. The first-order valence-corrected chi connectivity index (χ1v) is 10.5. The van der Waals surface area contributed by atoms with Gasteiger partial charge in [0.2, 0.25) is 5.91 Å². The van der Waals surface area contributed by atoms with E-state index in [1.165, 1.54) is 6.07 Å². The summed E-state index contributed by atoms with van der Waals surface area (Å²) in [5.74, 6) is -0.414. The number of thiocarbonyl (C=S) groups is 1. The molecule has 0 saturated heterocycles. The van der Waals surface area contributed by atoms with Crippen molar-refractivity contribution in [1.29, 1.82) is 0 Å². The van der Waals surface area contributed by atoms with Crippen LogP contribution in [0.5, 0.6) is 0 Å². The Bertz CT molecular complexity index is 908. The molecule has 0 spiro atoms. The van der Waals surface area contributed by atoms with Crippen LogP contribution in [-0.4, -0.2) is 42.5 Å². The van der Waals surface area contributed by atoms with E-state index in [4.69, 9.17) is 35.4 Å². The normalized spacial score (nSPS) is 10.2. The van der Waals surface area contributed by atoms with Gasteiger partial charge in [-0.1, -0.05) is 23.2 Å². The summed E-state index contributed by atoms with van der Waals surface area (Å²) in [7, 11) is 4.03. The molecule has 0 atom stereocenters. The first-order chi connectivity index (χ1) is 14.2. The second-order valence-corrected chi connectivity index (χ2v) is 8.15. The number of anilines is 2. The Morgan fingerprint density at radius 2 is 1.55 bits per heavy atom. The van der Waals surface area contributed by atoms with E-state index < -0.39 is 5.91 Å². The zero-order valence-electron chi connectivity index (χ0n) is 17.2. The topological polar surface area (TPSA) is 73.5 Å². The highest BCUT2D eigenvalue weighted by Crippen LogP contribution is 2.22. The molecule has 2 aromatic rings. The fraction of sp³-hybridized carbons (Fsp3) is 0.286. The fourth-order valence-corrected chi connectivity index (χ4v) is 3.06. The van der Waals surface area contributed by atoms with Crippen LogP contribution < -0.4 is 16.0 Å².